The van der Waals surface area contributed by atoms with E-state index in [1.54, 1.807) is 0 Å². The summed E-state index contributed by atoms with van der Waals surface area (Å²) in [6.07, 6.45) is 1.35. The van der Waals surface area contributed by atoms with E-state index >= 15 is 0 Å². The van der Waals surface area contributed by atoms with E-state index < -0.39 is 16.1 Å². The Kier molecular flexibility index (Phi) is 5.77. The Balaban J connectivity index is 1.86. The number of hydrogen-bond acceptors (Lipinski definition) is 7. The Morgan fingerprint density at radius 3 is 2.39 bits per heavy atom. The van der Waals surface area contributed by atoms with Gasteiger partial charge in [-0.05, 0) is 61.3 Å². The summed E-state index contributed by atoms with van der Waals surface area (Å²) in [5, 5.41) is 30.1. The molecule has 1 aliphatic heterocycles. The van der Waals surface area contributed by atoms with Gasteiger partial charge < -0.3 is 10.2 Å². The van der Waals surface area contributed by atoms with Crippen molar-refractivity contribution in [1.82, 2.24) is 4.90 Å². The van der Waals surface area contributed by atoms with Crippen LogP contribution in [0.3, 0.4) is 0 Å². The highest BCUT2D eigenvalue weighted by molar-refractivity contribution is 9.11. The first kappa shape index (κ1) is 20.4. The van der Waals surface area contributed by atoms with Gasteiger partial charge in [0, 0.05) is 17.7 Å². The Labute approximate surface area is 179 Å². The first-order valence-electron chi connectivity index (χ1n) is 7.57. The Morgan fingerprint density at radius 1 is 1.14 bits per heavy atom. The fourth-order valence-electron chi connectivity index (χ4n) is 2.41. The maximum Gasteiger partial charge on any atom is 0.293 e. The summed E-state index contributed by atoms with van der Waals surface area (Å²) in [6.45, 7) is -0.0328. The minimum Gasteiger partial charge on any atom is -0.506 e. The first-order chi connectivity index (χ1) is 13.2. The molecule has 3 rings (SSSR count). The van der Waals surface area contributed by atoms with Gasteiger partial charge in [0.1, 0.15) is 16.0 Å². The molecule has 2 aromatic carbocycles. The van der Waals surface area contributed by atoms with Gasteiger partial charge in [0.15, 0.2) is 0 Å². The van der Waals surface area contributed by atoms with E-state index in [9.17, 15) is 29.9 Å². The third-order valence-electron chi connectivity index (χ3n) is 3.85. The molecule has 28 heavy (non-hydrogen) atoms. The molecule has 11 heteroatoms. The maximum atomic E-state index is 12.6. The van der Waals surface area contributed by atoms with Gasteiger partial charge >= 0.3 is 0 Å². The van der Waals surface area contributed by atoms with Crippen LogP contribution in [-0.2, 0) is 11.3 Å². The van der Waals surface area contributed by atoms with Crippen LogP contribution in [0.2, 0.25) is 0 Å². The minimum absolute atomic E-state index is 0.0328. The molecule has 0 unspecified atom stereocenters. The van der Waals surface area contributed by atoms with Crippen molar-refractivity contribution in [2.24, 2.45) is 0 Å². The molecular weight excluding hydrogens is 520 g/mol. The molecule has 0 bridgehead atoms. The predicted octanol–water partition coefficient (Wildman–Crippen LogP) is 4.77. The van der Waals surface area contributed by atoms with Gasteiger partial charge in [-0.2, -0.15) is 0 Å². The topological polar surface area (TPSA) is 121 Å². The maximum absolute atomic E-state index is 12.6. The minimum atomic E-state index is -0.548. The van der Waals surface area contributed by atoms with E-state index in [1.165, 1.54) is 36.4 Å². The highest BCUT2D eigenvalue weighted by Gasteiger charge is 2.35. The van der Waals surface area contributed by atoms with Crippen LogP contribution >= 0.6 is 43.6 Å². The number of rotatable bonds is 4. The van der Waals surface area contributed by atoms with Gasteiger partial charge in [0.2, 0.25) is 0 Å². The smallest absolute Gasteiger partial charge is 0.293 e. The van der Waals surface area contributed by atoms with Crippen LogP contribution in [-0.4, -0.2) is 31.2 Å². The number of carbonyl (C=O) groups excluding carboxylic acids is 2. The van der Waals surface area contributed by atoms with E-state index in [0.29, 0.717) is 21.8 Å². The summed E-state index contributed by atoms with van der Waals surface area (Å²) >= 11 is 6.91. The van der Waals surface area contributed by atoms with Crippen molar-refractivity contribution in [3.63, 3.8) is 0 Å². The van der Waals surface area contributed by atoms with Crippen molar-refractivity contribution in [3.05, 3.63) is 65.4 Å². The van der Waals surface area contributed by atoms with E-state index in [0.717, 1.165) is 4.90 Å². The summed E-state index contributed by atoms with van der Waals surface area (Å²) in [6, 6.07) is 6.97. The second-order valence-electron chi connectivity index (χ2n) is 5.65. The van der Waals surface area contributed by atoms with E-state index in [4.69, 9.17) is 0 Å². The van der Waals surface area contributed by atoms with E-state index in [1.807, 2.05) is 0 Å². The number of thioether (sulfide) groups is 1. The molecule has 0 aromatic heterocycles. The lowest BCUT2D eigenvalue weighted by atomic mass is 10.1. The zero-order valence-corrected chi connectivity index (χ0v) is 17.7. The van der Waals surface area contributed by atoms with Crippen molar-refractivity contribution < 1.29 is 24.7 Å². The number of benzene rings is 2. The van der Waals surface area contributed by atoms with Crippen LogP contribution in [0, 0.1) is 10.1 Å². The fourth-order valence-corrected chi connectivity index (χ4v) is 4.39. The normalized spacial score (nSPS) is 15.5. The second kappa shape index (κ2) is 7.94. The van der Waals surface area contributed by atoms with Gasteiger partial charge in [-0.3, -0.25) is 24.6 Å². The molecule has 1 heterocycles. The van der Waals surface area contributed by atoms with Crippen molar-refractivity contribution in [3.8, 4) is 11.5 Å². The number of imide groups is 1. The van der Waals surface area contributed by atoms with Crippen LogP contribution in [0.25, 0.3) is 6.08 Å². The highest BCUT2D eigenvalue weighted by Crippen LogP contribution is 2.43. The number of aromatic hydroxyl groups is 2. The first-order valence-corrected chi connectivity index (χ1v) is 9.98. The van der Waals surface area contributed by atoms with Crippen LogP contribution in [0.4, 0.5) is 10.5 Å². The molecule has 0 radical (unpaired) electrons. The lowest BCUT2D eigenvalue weighted by molar-refractivity contribution is -0.384. The molecule has 0 spiro atoms. The summed E-state index contributed by atoms with van der Waals surface area (Å²) in [5.74, 6) is -1.02. The van der Waals surface area contributed by atoms with Crippen LogP contribution in [0.15, 0.2) is 44.2 Å². The second-order valence-corrected chi connectivity index (χ2v) is 8.29. The monoisotopic (exact) mass is 528 g/mol. The number of non-ortho nitro benzene ring substituents is 1. The predicted molar refractivity (Wildman–Crippen MR) is 110 cm³/mol. The molecule has 0 atom stereocenters. The molecule has 1 fully saturated rings. The quantitative estimate of drug-likeness (QED) is 0.332. The molecule has 2 N–H and O–H groups in total. The number of hydrogen-bond donors (Lipinski definition) is 2. The van der Waals surface area contributed by atoms with Crippen LogP contribution < -0.4 is 0 Å². The highest BCUT2D eigenvalue weighted by atomic mass is 79.9. The van der Waals surface area contributed by atoms with Gasteiger partial charge in [-0.1, -0.05) is 12.1 Å². The van der Waals surface area contributed by atoms with Crippen molar-refractivity contribution >= 4 is 66.5 Å². The van der Waals surface area contributed by atoms with Gasteiger partial charge in [-0.15, -0.1) is 0 Å². The molecule has 0 saturated carbocycles. The Bertz CT molecular complexity index is 1040. The molecule has 8 nitrogen and oxygen atoms in total. The molecule has 1 saturated heterocycles. The fraction of sp³-hybridized carbons (Fsp3) is 0.0588. The summed E-state index contributed by atoms with van der Waals surface area (Å²) in [5.41, 5.74) is 0.709. The molecular formula is C17H10Br2N2O6S. The van der Waals surface area contributed by atoms with Gasteiger partial charge in [0.05, 0.1) is 20.8 Å². The Morgan fingerprint density at radius 2 is 1.79 bits per heavy atom. The molecule has 2 amide bonds. The number of nitro benzene ring substituents is 1. The van der Waals surface area contributed by atoms with E-state index in [2.05, 4.69) is 31.9 Å². The van der Waals surface area contributed by atoms with Crippen LogP contribution in [0.5, 0.6) is 11.5 Å². The number of amides is 2. The zero-order valence-electron chi connectivity index (χ0n) is 13.8. The number of halogens is 2. The summed E-state index contributed by atoms with van der Waals surface area (Å²) in [7, 11) is 0. The third kappa shape index (κ3) is 3.91. The largest absolute Gasteiger partial charge is 0.506 e. The number of phenols is 2. The molecule has 0 aliphatic carbocycles. The summed E-state index contributed by atoms with van der Waals surface area (Å²) in [4.78, 5) is 36.1. The molecule has 2 aromatic rings. The average molecular weight is 530 g/mol. The lowest BCUT2D eigenvalue weighted by Gasteiger charge is -2.12. The number of nitro groups is 1. The number of phenolic OH excluding ortho intramolecular Hbond substituents is 2. The third-order valence-corrected chi connectivity index (χ3v) is 6.11. The average Bonchev–Trinajstić information content (AvgIpc) is 2.92. The van der Waals surface area contributed by atoms with Crippen molar-refractivity contribution in [2.75, 3.05) is 0 Å². The van der Waals surface area contributed by atoms with E-state index in [-0.39, 0.29) is 38.7 Å². The molecule has 144 valence electrons. The van der Waals surface area contributed by atoms with Gasteiger partial charge in [-0.25, -0.2) is 0 Å². The Hall–Kier alpha value is -2.37. The molecule has 1 aliphatic rings. The lowest BCUT2D eigenvalue weighted by Crippen LogP contribution is -2.27. The number of nitrogens with zero attached hydrogens (tertiary/aromatic N) is 2. The number of carbonyl (C=O) groups is 2. The van der Waals surface area contributed by atoms with Crippen LogP contribution in [0.1, 0.15) is 11.1 Å². The van der Waals surface area contributed by atoms with Crippen molar-refractivity contribution in [2.45, 2.75) is 6.54 Å². The SMILES string of the molecule is O=C1S/C(=C\c2cc(Br)c(O)c(Br)c2O)C(=O)N1Cc1ccc([N+](=O)[O-])cc1. The standard InChI is InChI=1S/C17H10Br2N2O6S/c18-11-5-9(14(22)13(19)15(11)23)6-12-16(24)20(17(25)28-12)7-8-1-3-10(4-2-8)21(26)27/h1-6,22-23H,7H2/b12-6-. The zero-order chi connectivity index (χ0) is 20.6. The van der Waals surface area contributed by atoms with Crippen molar-refractivity contribution in [1.29, 1.82) is 0 Å². The summed E-state index contributed by atoms with van der Waals surface area (Å²) < 4.78 is 0.353. The van der Waals surface area contributed by atoms with Gasteiger partial charge in [0.25, 0.3) is 16.8 Å².